The smallest absolute Gasteiger partial charge is 0.119 e. The second-order valence-electron chi connectivity index (χ2n) is 2.57. The highest BCUT2D eigenvalue weighted by Gasteiger charge is 2.03. The van der Waals surface area contributed by atoms with Gasteiger partial charge in [-0.3, -0.25) is 0 Å². The highest BCUT2D eigenvalue weighted by molar-refractivity contribution is 9.10. The second-order valence-corrected chi connectivity index (χ2v) is 3.49. The van der Waals surface area contributed by atoms with Crippen LogP contribution in [0, 0.1) is 0 Å². The van der Waals surface area contributed by atoms with Crippen LogP contribution in [-0.2, 0) is 0 Å². The molecule has 1 N–H and O–H groups in total. The molecule has 0 bridgehead atoms. The zero-order valence-electron chi connectivity index (χ0n) is 6.91. The van der Waals surface area contributed by atoms with Crippen LogP contribution in [0.15, 0.2) is 28.7 Å². The van der Waals surface area contributed by atoms with Gasteiger partial charge in [0.05, 0.1) is 0 Å². The zero-order valence-corrected chi connectivity index (χ0v) is 8.50. The van der Waals surface area contributed by atoms with E-state index in [-0.39, 0.29) is 6.61 Å². The number of alkyl halides is 1. The van der Waals surface area contributed by atoms with Crippen molar-refractivity contribution in [2.45, 2.75) is 6.10 Å². The lowest BCUT2D eigenvalue weighted by Gasteiger charge is -2.08. The van der Waals surface area contributed by atoms with Crippen molar-refractivity contribution in [3.05, 3.63) is 28.7 Å². The molecule has 1 aromatic rings. The number of hydrogen-bond acceptors (Lipinski definition) is 2. The molecule has 0 heterocycles. The molecule has 0 spiro atoms. The largest absolute Gasteiger partial charge is 0.491 e. The third-order valence-electron chi connectivity index (χ3n) is 1.43. The summed E-state index contributed by atoms with van der Waals surface area (Å²) < 4.78 is 17.9. The summed E-state index contributed by atoms with van der Waals surface area (Å²) in [5.74, 6) is 0.621. The molecule has 4 heteroatoms. The van der Waals surface area contributed by atoms with Gasteiger partial charge in [0.15, 0.2) is 0 Å². The predicted molar refractivity (Wildman–Crippen MR) is 51.6 cm³/mol. The average Bonchev–Trinajstić information content (AvgIpc) is 2.16. The van der Waals surface area contributed by atoms with Crippen molar-refractivity contribution in [3.63, 3.8) is 0 Å². The first-order chi connectivity index (χ1) is 6.22. The second kappa shape index (κ2) is 5.19. The van der Waals surface area contributed by atoms with Crippen LogP contribution in [-0.4, -0.2) is 24.5 Å². The molecule has 0 saturated heterocycles. The number of aliphatic hydroxyl groups is 1. The Labute approximate surface area is 84.5 Å². The summed E-state index contributed by atoms with van der Waals surface area (Å²) in [5.41, 5.74) is 0. The van der Waals surface area contributed by atoms with Gasteiger partial charge in [-0.05, 0) is 24.3 Å². The Kier molecular flexibility index (Phi) is 4.18. The number of hydrogen-bond donors (Lipinski definition) is 1. The Hall–Kier alpha value is -0.610. The Balaban J connectivity index is 2.41. The van der Waals surface area contributed by atoms with Gasteiger partial charge in [-0.25, -0.2) is 4.39 Å². The Morgan fingerprint density at radius 3 is 2.54 bits per heavy atom. The van der Waals surface area contributed by atoms with Crippen LogP contribution in [0.25, 0.3) is 0 Å². The first-order valence-electron chi connectivity index (χ1n) is 3.85. The molecule has 0 aromatic heterocycles. The fraction of sp³-hybridized carbons (Fsp3) is 0.333. The molecule has 1 rings (SSSR count). The van der Waals surface area contributed by atoms with E-state index >= 15 is 0 Å². The Morgan fingerprint density at radius 2 is 2.00 bits per heavy atom. The summed E-state index contributed by atoms with van der Waals surface area (Å²) >= 11 is 3.27. The normalized spacial score (nSPS) is 12.5. The fourth-order valence-electron chi connectivity index (χ4n) is 0.768. The summed E-state index contributed by atoms with van der Waals surface area (Å²) in [4.78, 5) is 0. The van der Waals surface area contributed by atoms with Crippen molar-refractivity contribution in [2.75, 3.05) is 13.3 Å². The van der Waals surface area contributed by atoms with Crippen LogP contribution in [0.5, 0.6) is 5.75 Å². The molecule has 2 nitrogen and oxygen atoms in total. The highest BCUT2D eigenvalue weighted by Crippen LogP contribution is 2.16. The standard InChI is InChI=1S/C9H10BrFO2/c10-7-1-3-9(4-2-7)13-6-8(12)5-11/h1-4,8,12H,5-6H2. The third kappa shape index (κ3) is 3.74. The molecule has 72 valence electrons. The Morgan fingerprint density at radius 1 is 1.38 bits per heavy atom. The van der Waals surface area contributed by atoms with Crippen molar-refractivity contribution >= 4 is 15.9 Å². The molecule has 0 aliphatic rings. The Bertz CT molecular complexity index is 250. The van der Waals surface area contributed by atoms with Crippen LogP contribution in [0.3, 0.4) is 0 Å². The maximum Gasteiger partial charge on any atom is 0.119 e. The number of ether oxygens (including phenoxy) is 1. The summed E-state index contributed by atoms with van der Waals surface area (Å²) in [7, 11) is 0. The first-order valence-corrected chi connectivity index (χ1v) is 4.64. The summed E-state index contributed by atoms with van der Waals surface area (Å²) in [5, 5.41) is 8.86. The maximum absolute atomic E-state index is 11.8. The van der Waals surface area contributed by atoms with E-state index < -0.39 is 12.8 Å². The predicted octanol–water partition coefficient (Wildman–Crippen LogP) is 2.16. The monoisotopic (exact) mass is 248 g/mol. The summed E-state index contributed by atoms with van der Waals surface area (Å²) in [6.45, 7) is -0.797. The van der Waals surface area contributed by atoms with Gasteiger partial charge in [0.1, 0.15) is 25.1 Å². The summed E-state index contributed by atoms with van der Waals surface area (Å²) in [6.07, 6.45) is -1.04. The van der Waals surface area contributed by atoms with Crippen molar-refractivity contribution < 1.29 is 14.2 Å². The third-order valence-corrected chi connectivity index (χ3v) is 1.96. The van der Waals surface area contributed by atoms with Crippen molar-refractivity contribution in [1.82, 2.24) is 0 Å². The van der Waals surface area contributed by atoms with Gasteiger partial charge < -0.3 is 9.84 Å². The van der Waals surface area contributed by atoms with Crippen molar-refractivity contribution in [1.29, 1.82) is 0 Å². The molecule has 0 aliphatic heterocycles. The van der Waals surface area contributed by atoms with E-state index in [0.29, 0.717) is 5.75 Å². The number of benzene rings is 1. The minimum Gasteiger partial charge on any atom is -0.491 e. The van der Waals surface area contributed by atoms with Gasteiger partial charge in [-0.2, -0.15) is 0 Å². The van der Waals surface area contributed by atoms with Gasteiger partial charge in [0.25, 0.3) is 0 Å². The first kappa shape index (κ1) is 10.5. The van der Waals surface area contributed by atoms with E-state index in [2.05, 4.69) is 15.9 Å². The number of halogens is 2. The van der Waals surface area contributed by atoms with Gasteiger partial charge in [-0.1, -0.05) is 15.9 Å². The average molecular weight is 249 g/mol. The van der Waals surface area contributed by atoms with Gasteiger partial charge in [0, 0.05) is 4.47 Å². The minimum atomic E-state index is -1.04. The van der Waals surface area contributed by atoms with Gasteiger partial charge in [-0.15, -0.1) is 0 Å². The zero-order chi connectivity index (χ0) is 9.68. The van der Waals surface area contributed by atoms with Gasteiger partial charge in [0.2, 0.25) is 0 Å². The van der Waals surface area contributed by atoms with Crippen LogP contribution < -0.4 is 4.74 Å². The van der Waals surface area contributed by atoms with Crippen molar-refractivity contribution in [3.8, 4) is 5.75 Å². The van der Waals surface area contributed by atoms with Crippen LogP contribution in [0.1, 0.15) is 0 Å². The van der Waals surface area contributed by atoms with E-state index in [4.69, 9.17) is 9.84 Å². The quantitative estimate of drug-likeness (QED) is 0.885. The molecule has 0 aliphatic carbocycles. The molecule has 1 unspecified atom stereocenters. The lowest BCUT2D eigenvalue weighted by Crippen LogP contribution is -2.19. The van der Waals surface area contributed by atoms with Crippen molar-refractivity contribution in [2.24, 2.45) is 0 Å². The van der Waals surface area contributed by atoms with E-state index in [1.54, 1.807) is 12.1 Å². The van der Waals surface area contributed by atoms with Gasteiger partial charge >= 0.3 is 0 Å². The minimum absolute atomic E-state index is 0.0157. The lowest BCUT2D eigenvalue weighted by atomic mass is 10.3. The van der Waals surface area contributed by atoms with Crippen LogP contribution in [0.2, 0.25) is 0 Å². The van der Waals surface area contributed by atoms with Crippen LogP contribution in [0.4, 0.5) is 4.39 Å². The molecule has 0 fully saturated rings. The molecule has 13 heavy (non-hydrogen) atoms. The molecular weight excluding hydrogens is 239 g/mol. The summed E-state index contributed by atoms with van der Waals surface area (Å²) in [6, 6.07) is 7.12. The molecule has 1 atom stereocenters. The van der Waals surface area contributed by atoms with Crippen LogP contribution >= 0.6 is 15.9 Å². The van der Waals surface area contributed by atoms with E-state index in [1.165, 1.54) is 0 Å². The lowest BCUT2D eigenvalue weighted by molar-refractivity contribution is 0.0842. The molecule has 0 radical (unpaired) electrons. The highest BCUT2D eigenvalue weighted by atomic mass is 79.9. The van der Waals surface area contributed by atoms with E-state index in [0.717, 1.165) is 4.47 Å². The topological polar surface area (TPSA) is 29.5 Å². The van der Waals surface area contributed by atoms with E-state index in [9.17, 15) is 4.39 Å². The van der Waals surface area contributed by atoms with E-state index in [1.807, 2.05) is 12.1 Å². The molecule has 0 amide bonds. The fourth-order valence-corrected chi connectivity index (χ4v) is 1.03. The SMILES string of the molecule is OC(CF)COc1ccc(Br)cc1. The molecular formula is C9H10BrFO2. The molecule has 0 saturated carbocycles. The number of aliphatic hydroxyl groups excluding tert-OH is 1. The maximum atomic E-state index is 11.8. The number of rotatable bonds is 4. The molecule has 1 aromatic carbocycles.